The molecule has 0 saturated heterocycles. The first-order valence-corrected chi connectivity index (χ1v) is 9.33. The van der Waals surface area contributed by atoms with Crippen LogP contribution in [0.5, 0.6) is 0 Å². The Hall–Kier alpha value is -2.98. The third kappa shape index (κ3) is 3.68. The summed E-state index contributed by atoms with van der Waals surface area (Å²) in [5.74, 6) is 0.121. The van der Waals surface area contributed by atoms with Gasteiger partial charge >= 0.3 is 11.9 Å². The van der Waals surface area contributed by atoms with Crippen LogP contribution in [0.2, 0.25) is 4.47 Å². The zero-order chi connectivity index (χ0) is 20.8. The minimum atomic E-state index is -4.61. The van der Waals surface area contributed by atoms with Gasteiger partial charge in [-0.25, -0.2) is 14.3 Å². The Bertz CT molecular complexity index is 1300. The number of benzene rings is 1. The molecule has 2 aliphatic heterocycles. The molecule has 1 aromatic heterocycles. The van der Waals surface area contributed by atoms with Crippen LogP contribution in [-0.4, -0.2) is 19.1 Å². The van der Waals surface area contributed by atoms with Crippen molar-refractivity contribution in [2.24, 2.45) is 0 Å². The van der Waals surface area contributed by atoms with Crippen molar-refractivity contribution >= 4 is 22.9 Å². The number of halogens is 4. The predicted molar refractivity (Wildman–Crippen MR) is 102 cm³/mol. The van der Waals surface area contributed by atoms with Gasteiger partial charge in [-0.05, 0) is 30.3 Å². The van der Waals surface area contributed by atoms with Gasteiger partial charge in [-0.3, -0.25) is 4.79 Å². The minimum absolute atomic E-state index is 0.0973. The molecule has 0 spiro atoms. The molecule has 0 saturated carbocycles. The van der Waals surface area contributed by atoms with Crippen molar-refractivity contribution in [2.75, 3.05) is 0 Å². The Labute approximate surface area is 169 Å². The van der Waals surface area contributed by atoms with Gasteiger partial charge in [-0.2, -0.15) is 18.2 Å². The van der Waals surface area contributed by atoms with Gasteiger partial charge in [0.05, 0.1) is 23.4 Å². The van der Waals surface area contributed by atoms with Gasteiger partial charge in [0.1, 0.15) is 0 Å². The van der Waals surface area contributed by atoms with Crippen LogP contribution in [0.15, 0.2) is 58.4 Å². The lowest BCUT2D eigenvalue weighted by molar-refractivity contribution is -0.137. The average molecular weight is 439 g/mol. The molecule has 3 heterocycles. The van der Waals surface area contributed by atoms with Gasteiger partial charge in [0.25, 0.3) is 5.56 Å². The average Bonchev–Trinajstić information content (AvgIpc) is 3.07. The molecule has 4 rings (SSSR count). The minimum Gasteiger partial charge on any atom is -0.327 e. The molecule has 0 amide bonds. The number of thiazole rings is 1. The highest BCUT2D eigenvalue weighted by molar-refractivity contribution is 7.15. The predicted octanol–water partition coefficient (Wildman–Crippen LogP) is 3.68. The lowest BCUT2D eigenvalue weighted by Crippen LogP contribution is -2.36. The van der Waals surface area contributed by atoms with E-state index >= 15 is 0 Å². The summed E-state index contributed by atoms with van der Waals surface area (Å²) in [4.78, 5) is 34.1. The topological polar surface area (TPSA) is 69.8 Å². The van der Waals surface area contributed by atoms with Gasteiger partial charge in [-0.15, -0.1) is 11.3 Å². The lowest BCUT2D eigenvalue weighted by atomic mass is 10.2. The Morgan fingerprint density at radius 3 is 2.62 bits per heavy atom. The molecule has 0 unspecified atom stereocenters. The maximum atomic E-state index is 13.0. The van der Waals surface area contributed by atoms with Crippen LogP contribution in [-0.2, 0) is 12.7 Å². The van der Waals surface area contributed by atoms with Gasteiger partial charge in [0.15, 0.2) is 10.3 Å². The summed E-state index contributed by atoms with van der Waals surface area (Å²) in [6.07, 6.45) is -1.40. The molecule has 0 fully saturated rings. The van der Waals surface area contributed by atoms with E-state index in [1.165, 1.54) is 23.5 Å². The monoisotopic (exact) mass is 438 g/mol. The van der Waals surface area contributed by atoms with Gasteiger partial charge < -0.3 is 4.57 Å². The number of pyridine rings is 1. The van der Waals surface area contributed by atoms with Gasteiger partial charge in [-0.1, -0.05) is 17.7 Å². The zero-order valence-electron chi connectivity index (χ0n) is 14.4. The van der Waals surface area contributed by atoms with E-state index in [0.717, 1.165) is 23.1 Å². The SMILES string of the molecule is O=c1nc2n(Cc3cnc(Cl)s3)cccc-2c(=O)n1-c1cccc(C(F)(F)F)c1. The summed E-state index contributed by atoms with van der Waals surface area (Å²) < 4.78 is 41.6. The van der Waals surface area contributed by atoms with Crippen LogP contribution >= 0.6 is 22.9 Å². The van der Waals surface area contributed by atoms with Crippen LogP contribution < -0.4 is 11.2 Å². The van der Waals surface area contributed by atoms with Crippen molar-refractivity contribution in [2.45, 2.75) is 12.7 Å². The number of alkyl halides is 3. The van der Waals surface area contributed by atoms with Gasteiger partial charge in [0.2, 0.25) is 0 Å². The van der Waals surface area contributed by atoms with E-state index in [-0.39, 0.29) is 23.6 Å². The second kappa shape index (κ2) is 7.12. The van der Waals surface area contributed by atoms with E-state index in [4.69, 9.17) is 11.6 Å². The molecule has 0 aliphatic carbocycles. The Kier molecular flexibility index (Phi) is 4.75. The third-order valence-corrected chi connectivity index (χ3v) is 5.25. The summed E-state index contributed by atoms with van der Waals surface area (Å²) in [6.45, 7) is 0.279. The number of fused-ring (bicyclic) bond motifs is 1. The molecule has 2 aromatic rings. The molecule has 11 heteroatoms. The summed E-state index contributed by atoms with van der Waals surface area (Å²) in [6, 6.07) is 7.04. The van der Waals surface area contributed by atoms with E-state index in [2.05, 4.69) is 9.97 Å². The first-order valence-electron chi connectivity index (χ1n) is 8.14. The fraction of sp³-hybridized carbons (Fsp3) is 0.111. The van der Waals surface area contributed by atoms with Crippen LogP contribution in [0.25, 0.3) is 17.1 Å². The smallest absolute Gasteiger partial charge is 0.327 e. The van der Waals surface area contributed by atoms with Crippen molar-refractivity contribution in [3.8, 4) is 17.1 Å². The highest BCUT2D eigenvalue weighted by Crippen LogP contribution is 2.30. The van der Waals surface area contributed by atoms with Crippen molar-refractivity contribution in [1.29, 1.82) is 0 Å². The molecule has 0 bridgehead atoms. The quantitative estimate of drug-likeness (QED) is 0.489. The summed E-state index contributed by atoms with van der Waals surface area (Å²) in [7, 11) is 0. The van der Waals surface area contributed by atoms with Crippen molar-refractivity contribution in [1.82, 2.24) is 19.1 Å². The fourth-order valence-corrected chi connectivity index (χ4v) is 3.86. The van der Waals surface area contributed by atoms with Gasteiger partial charge in [0, 0.05) is 17.3 Å². The van der Waals surface area contributed by atoms with Crippen LogP contribution in [0.1, 0.15) is 10.4 Å². The molecule has 6 nitrogen and oxygen atoms in total. The lowest BCUT2D eigenvalue weighted by Gasteiger charge is -2.15. The molecule has 0 radical (unpaired) electrons. The fourth-order valence-electron chi connectivity index (χ4n) is 2.88. The zero-order valence-corrected chi connectivity index (χ0v) is 15.9. The van der Waals surface area contributed by atoms with Crippen molar-refractivity contribution in [3.05, 3.63) is 84.5 Å². The van der Waals surface area contributed by atoms with Crippen molar-refractivity contribution < 1.29 is 13.2 Å². The summed E-state index contributed by atoms with van der Waals surface area (Å²) in [5, 5.41) is 0. The highest BCUT2D eigenvalue weighted by atomic mass is 35.5. The first-order chi connectivity index (χ1) is 13.7. The largest absolute Gasteiger partial charge is 0.416 e. The highest BCUT2D eigenvalue weighted by Gasteiger charge is 2.31. The van der Waals surface area contributed by atoms with E-state index < -0.39 is 23.0 Å². The third-order valence-electron chi connectivity index (χ3n) is 4.15. The normalized spacial score (nSPS) is 11.9. The van der Waals surface area contributed by atoms with E-state index in [1.807, 2.05) is 0 Å². The second-order valence-electron chi connectivity index (χ2n) is 6.04. The number of aromatic nitrogens is 4. The molecule has 148 valence electrons. The van der Waals surface area contributed by atoms with E-state index in [1.54, 1.807) is 23.0 Å². The Morgan fingerprint density at radius 1 is 1.14 bits per heavy atom. The van der Waals surface area contributed by atoms with E-state index in [9.17, 15) is 22.8 Å². The maximum Gasteiger partial charge on any atom is 0.416 e. The summed E-state index contributed by atoms with van der Waals surface area (Å²) >= 11 is 7.07. The number of nitrogens with zero attached hydrogens (tertiary/aromatic N) is 4. The van der Waals surface area contributed by atoms with Crippen molar-refractivity contribution in [3.63, 3.8) is 0 Å². The molecule has 0 N–H and O–H groups in total. The Balaban J connectivity index is 1.87. The molecule has 29 heavy (non-hydrogen) atoms. The molecular weight excluding hydrogens is 429 g/mol. The van der Waals surface area contributed by atoms with Crippen LogP contribution in [0.3, 0.4) is 0 Å². The second-order valence-corrected chi connectivity index (χ2v) is 7.73. The standard InChI is InChI=1S/C18H10ClF3N4O2S/c19-16-23-8-12(29-16)9-25-6-2-5-13-14(25)24-17(28)26(15(13)27)11-4-1-3-10(7-11)18(20,21)22/h1-8H,9H2. The molecule has 0 atom stereocenters. The van der Waals surface area contributed by atoms with E-state index in [0.29, 0.717) is 9.03 Å². The summed E-state index contributed by atoms with van der Waals surface area (Å²) in [5.41, 5.74) is -2.79. The number of rotatable bonds is 3. The number of hydrogen-bond acceptors (Lipinski definition) is 5. The van der Waals surface area contributed by atoms with Crippen LogP contribution in [0.4, 0.5) is 13.2 Å². The maximum absolute atomic E-state index is 13.0. The Morgan fingerprint density at radius 2 is 1.93 bits per heavy atom. The van der Waals surface area contributed by atoms with Crippen LogP contribution in [0, 0.1) is 0 Å². The first kappa shape index (κ1) is 19.3. The molecular formula is C18H10ClF3N4O2S. The number of hydrogen-bond donors (Lipinski definition) is 0. The molecule has 2 aliphatic rings. The molecule has 1 aromatic carbocycles.